The van der Waals surface area contributed by atoms with E-state index >= 15 is 0 Å². The fraction of sp³-hybridized carbons (Fsp3) is 0.588. The molecule has 2 aliphatic rings. The molecule has 0 saturated carbocycles. The number of hydrogen-bond acceptors (Lipinski definition) is 3. The van der Waals surface area contributed by atoms with E-state index in [9.17, 15) is 4.79 Å². The average molecular weight is 288 g/mol. The Labute approximate surface area is 126 Å². The number of amides is 1. The summed E-state index contributed by atoms with van der Waals surface area (Å²) in [6.45, 7) is 9.73. The van der Waals surface area contributed by atoms with Crippen LogP contribution < -0.4 is 9.64 Å². The summed E-state index contributed by atoms with van der Waals surface area (Å²) in [5.74, 6) is 0.867. The van der Waals surface area contributed by atoms with Crippen LogP contribution >= 0.6 is 0 Å². The van der Waals surface area contributed by atoms with Gasteiger partial charge in [0, 0.05) is 13.1 Å². The maximum absolute atomic E-state index is 12.7. The van der Waals surface area contributed by atoms with Crippen molar-refractivity contribution in [3.8, 4) is 5.75 Å². The van der Waals surface area contributed by atoms with Gasteiger partial charge in [0.25, 0.3) is 5.91 Å². The Kier molecular flexibility index (Phi) is 3.66. The highest BCUT2D eigenvalue weighted by Gasteiger charge is 2.40. The predicted molar refractivity (Wildman–Crippen MR) is 83.9 cm³/mol. The first-order valence-electron chi connectivity index (χ1n) is 7.81. The number of nitrogens with zero attached hydrogens (tertiary/aromatic N) is 2. The second-order valence-electron chi connectivity index (χ2n) is 6.59. The molecule has 0 unspecified atom stereocenters. The van der Waals surface area contributed by atoms with Gasteiger partial charge in [-0.2, -0.15) is 0 Å². The maximum Gasteiger partial charge on any atom is 0.270 e. The molecule has 2 aliphatic heterocycles. The van der Waals surface area contributed by atoms with Gasteiger partial charge in [-0.15, -0.1) is 0 Å². The van der Waals surface area contributed by atoms with Gasteiger partial charge in [-0.1, -0.05) is 6.07 Å². The first kappa shape index (κ1) is 14.4. The largest absolute Gasteiger partial charge is 0.476 e. The van der Waals surface area contributed by atoms with Gasteiger partial charge in [-0.25, -0.2) is 0 Å². The summed E-state index contributed by atoms with van der Waals surface area (Å²) in [5.41, 5.74) is 1.28. The van der Waals surface area contributed by atoms with Crippen LogP contribution in [0.15, 0.2) is 18.2 Å². The predicted octanol–water partition coefficient (Wildman–Crippen LogP) is 2.59. The molecular formula is C17H24N2O2. The second kappa shape index (κ2) is 5.34. The summed E-state index contributed by atoms with van der Waals surface area (Å²) in [4.78, 5) is 17.1. The minimum Gasteiger partial charge on any atom is -0.476 e. The van der Waals surface area contributed by atoms with Crippen molar-refractivity contribution in [2.75, 3.05) is 31.1 Å². The van der Waals surface area contributed by atoms with E-state index in [1.54, 1.807) is 0 Å². The summed E-state index contributed by atoms with van der Waals surface area (Å²) in [6, 6.07) is 6.05. The van der Waals surface area contributed by atoms with Gasteiger partial charge in [0.15, 0.2) is 5.60 Å². The molecule has 3 rings (SSSR count). The Bertz CT molecular complexity index is 548. The molecule has 0 aliphatic carbocycles. The molecule has 114 valence electrons. The lowest BCUT2D eigenvalue weighted by Crippen LogP contribution is -2.54. The van der Waals surface area contributed by atoms with E-state index in [0.29, 0.717) is 0 Å². The third-order valence-corrected chi connectivity index (χ3v) is 4.37. The molecule has 0 radical (unpaired) electrons. The van der Waals surface area contributed by atoms with Crippen LogP contribution in [-0.4, -0.2) is 42.6 Å². The fourth-order valence-electron chi connectivity index (χ4n) is 3.15. The summed E-state index contributed by atoms with van der Waals surface area (Å²) in [6.07, 6.45) is 2.55. The van der Waals surface area contributed by atoms with Gasteiger partial charge < -0.3 is 14.5 Å². The van der Waals surface area contributed by atoms with Crippen molar-refractivity contribution in [2.24, 2.45) is 0 Å². The zero-order valence-corrected chi connectivity index (χ0v) is 13.2. The number of fused-ring (bicyclic) bond motifs is 1. The van der Waals surface area contributed by atoms with Crippen molar-refractivity contribution in [2.45, 2.75) is 39.2 Å². The molecule has 1 saturated heterocycles. The van der Waals surface area contributed by atoms with E-state index in [0.717, 1.165) is 43.2 Å². The third-order valence-electron chi connectivity index (χ3n) is 4.37. The summed E-state index contributed by atoms with van der Waals surface area (Å²) < 4.78 is 5.88. The molecule has 0 aromatic heterocycles. The first-order valence-corrected chi connectivity index (χ1v) is 7.81. The maximum atomic E-state index is 12.7. The minimum atomic E-state index is -0.784. The number of carbonyl (C=O) groups excluding carboxylic acids is 1. The standard InChI is InChI=1S/C17H24N2O2/c1-13-6-7-15-14(12-13)19(16(20)17(2,3)21-15)11-10-18-8-4-5-9-18/h6-7,12H,4-5,8-11H2,1-3H3. The lowest BCUT2D eigenvalue weighted by molar-refractivity contribution is -0.132. The number of likely N-dealkylation sites (tertiary alicyclic amines) is 1. The molecule has 2 heterocycles. The molecular weight excluding hydrogens is 264 g/mol. The molecule has 0 atom stereocenters. The summed E-state index contributed by atoms with van der Waals surface area (Å²) in [7, 11) is 0. The van der Waals surface area contributed by atoms with Gasteiger partial charge in [0.05, 0.1) is 5.69 Å². The van der Waals surface area contributed by atoms with Gasteiger partial charge in [0.1, 0.15) is 5.75 Å². The first-order chi connectivity index (χ1) is 9.97. The van der Waals surface area contributed by atoms with Crippen LogP contribution in [-0.2, 0) is 4.79 Å². The van der Waals surface area contributed by atoms with Crippen molar-refractivity contribution >= 4 is 11.6 Å². The zero-order valence-electron chi connectivity index (χ0n) is 13.2. The Morgan fingerprint density at radius 3 is 2.62 bits per heavy atom. The van der Waals surface area contributed by atoms with Gasteiger partial charge >= 0.3 is 0 Å². The SMILES string of the molecule is Cc1ccc2c(c1)N(CCN1CCCC1)C(=O)C(C)(C)O2. The Morgan fingerprint density at radius 1 is 1.19 bits per heavy atom. The number of ether oxygens (including phenoxy) is 1. The molecule has 21 heavy (non-hydrogen) atoms. The number of carbonyl (C=O) groups is 1. The smallest absolute Gasteiger partial charge is 0.270 e. The highest BCUT2D eigenvalue weighted by Crippen LogP contribution is 2.38. The molecule has 4 heteroatoms. The van der Waals surface area contributed by atoms with Gasteiger partial charge in [-0.3, -0.25) is 4.79 Å². The normalized spacial score (nSPS) is 21.3. The lowest BCUT2D eigenvalue weighted by Gasteiger charge is -2.39. The quantitative estimate of drug-likeness (QED) is 0.857. The summed E-state index contributed by atoms with van der Waals surface area (Å²) in [5, 5.41) is 0. The molecule has 1 aromatic carbocycles. The van der Waals surface area contributed by atoms with Crippen molar-refractivity contribution in [1.82, 2.24) is 4.90 Å². The molecule has 4 nitrogen and oxygen atoms in total. The minimum absolute atomic E-state index is 0.0554. The molecule has 0 spiro atoms. The Balaban J connectivity index is 1.85. The van der Waals surface area contributed by atoms with Gasteiger partial charge in [0.2, 0.25) is 0 Å². The fourth-order valence-corrected chi connectivity index (χ4v) is 3.15. The van der Waals surface area contributed by atoms with Crippen molar-refractivity contribution in [3.05, 3.63) is 23.8 Å². The summed E-state index contributed by atoms with van der Waals surface area (Å²) >= 11 is 0. The van der Waals surface area contributed by atoms with Crippen LogP contribution in [0.1, 0.15) is 32.3 Å². The number of rotatable bonds is 3. The van der Waals surface area contributed by atoms with E-state index in [1.807, 2.05) is 43.9 Å². The van der Waals surface area contributed by atoms with E-state index in [4.69, 9.17) is 4.74 Å². The highest BCUT2D eigenvalue weighted by molar-refractivity contribution is 6.02. The van der Waals surface area contributed by atoms with Crippen LogP contribution in [0.5, 0.6) is 5.75 Å². The van der Waals surface area contributed by atoms with Crippen LogP contribution in [0.3, 0.4) is 0 Å². The molecule has 0 N–H and O–H groups in total. The average Bonchev–Trinajstić information content (AvgIpc) is 2.93. The van der Waals surface area contributed by atoms with Crippen LogP contribution in [0, 0.1) is 6.92 Å². The molecule has 0 bridgehead atoms. The van der Waals surface area contributed by atoms with E-state index in [2.05, 4.69) is 4.90 Å². The van der Waals surface area contributed by atoms with Crippen LogP contribution in [0.2, 0.25) is 0 Å². The second-order valence-corrected chi connectivity index (χ2v) is 6.59. The monoisotopic (exact) mass is 288 g/mol. The van der Waals surface area contributed by atoms with E-state index in [1.165, 1.54) is 12.8 Å². The number of benzene rings is 1. The third kappa shape index (κ3) is 2.77. The Morgan fingerprint density at radius 2 is 1.90 bits per heavy atom. The van der Waals surface area contributed by atoms with Crippen molar-refractivity contribution in [1.29, 1.82) is 0 Å². The molecule has 1 aromatic rings. The van der Waals surface area contributed by atoms with E-state index in [-0.39, 0.29) is 5.91 Å². The number of aryl methyl sites for hydroxylation is 1. The lowest BCUT2D eigenvalue weighted by atomic mass is 10.0. The molecule has 1 amide bonds. The Hall–Kier alpha value is -1.55. The topological polar surface area (TPSA) is 32.8 Å². The molecule has 1 fully saturated rings. The van der Waals surface area contributed by atoms with E-state index < -0.39 is 5.60 Å². The van der Waals surface area contributed by atoms with Crippen molar-refractivity contribution < 1.29 is 9.53 Å². The highest BCUT2D eigenvalue weighted by atomic mass is 16.5. The zero-order chi connectivity index (χ0) is 15.0. The van der Waals surface area contributed by atoms with Crippen molar-refractivity contribution in [3.63, 3.8) is 0 Å². The number of hydrogen-bond donors (Lipinski definition) is 0. The van der Waals surface area contributed by atoms with Gasteiger partial charge in [-0.05, 0) is 64.4 Å². The van der Waals surface area contributed by atoms with Crippen LogP contribution in [0.25, 0.3) is 0 Å². The number of anilines is 1. The van der Waals surface area contributed by atoms with Crippen LogP contribution in [0.4, 0.5) is 5.69 Å².